The molecule has 1 aromatic carbocycles. The predicted molar refractivity (Wildman–Crippen MR) is 75.5 cm³/mol. The van der Waals surface area contributed by atoms with Crippen LogP contribution in [0.2, 0.25) is 5.02 Å². The molecule has 0 aromatic heterocycles. The van der Waals surface area contributed by atoms with Crippen molar-refractivity contribution in [1.29, 1.82) is 0 Å². The van der Waals surface area contributed by atoms with Gasteiger partial charge in [0.15, 0.2) is 0 Å². The molecule has 0 fully saturated rings. The molecule has 0 unspecified atom stereocenters. The smallest absolute Gasteiger partial charge is 0.230 e. The summed E-state index contributed by atoms with van der Waals surface area (Å²) in [6, 6.07) is 7.99. The van der Waals surface area contributed by atoms with Gasteiger partial charge in [-0.3, -0.25) is 4.79 Å². The van der Waals surface area contributed by atoms with Gasteiger partial charge in [0.1, 0.15) is 0 Å². The summed E-state index contributed by atoms with van der Waals surface area (Å²) >= 11 is 7.49. The minimum atomic E-state index is 0.103. The molecule has 0 aliphatic rings. The summed E-state index contributed by atoms with van der Waals surface area (Å²) in [4.78, 5) is 11.5. The van der Waals surface area contributed by atoms with E-state index in [4.69, 9.17) is 11.6 Å². The van der Waals surface area contributed by atoms with Gasteiger partial charge in [0.2, 0.25) is 5.91 Å². The number of nitrogens with one attached hydrogen (secondary N) is 1. The summed E-state index contributed by atoms with van der Waals surface area (Å²) in [7, 11) is 0. The summed E-state index contributed by atoms with van der Waals surface area (Å²) in [5, 5.41) is 3.68. The molecule has 4 heteroatoms. The van der Waals surface area contributed by atoms with Crippen LogP contribution in [0.5, 0.6) is 0 Å². The van der Waals surface area contributed by atoms with Crippen LogP contribution in [0.4, 0.5) is 0 Å². The van der Waals surface area contributed by atoms with Crippen molar-refractivity contribution in [3.05, 3.63) is 34.9 Å². The minimum absolute atomic E-state index is 0.103. The highest BCUT2D eigenvalue weighted by Crippen LogP contribution is 2.16. The van der Waals surface area contributed by atoms with Crippen molar-refractivity contribution in [2.75, 3.05) is 5.75 Å². The number of thioether (sulfide) groups is 1. The third-order valence-corrected chi connectivity index (χ3v) is 3.65. The van der Waals surface area contributed by atoms with Gasteiger partial charge in [0.05, 0.1) is 5.75 Å². The van der Waals surface area contributed by atoms with Crippen LogP contribution in [0, 0.1) is 0 Å². The Morgan fingerprint density at radius 1 is 1.53 bits per heavy atom. The van der Waals surface area contributed by atoms with Gasteiger partial charge in [-0.2, -0.15) is 0 Å². The molecular formula is C13H18ClNOS. The van der Waals surface area contributed by atoms with Crippen LogP contribution in [-0.2, 0) is 10.5 Å². The van der Waals surface area contributed by atoms with Gasteiger partial charge in [0, 0.05) is 16.8 Å². The molecule has 0 radical (unpaired) electrons. The van der Waals surface area contributed by atoms with Crippen molar-refractivity contribution in [3.8, 4) is 0 Å². The highest BCUT2D eigenvalue weighted by molar-refractivity contribution is 7.99. The quantitative estimate of drug-likeness (QED) is 0.858. The van der Waals surface area contributed by atoms with Crippen LogP contribution in [-0.4, -0.2) is 17.7 Å². The molecule has 1 aromatic rings. The second kappa shape index (κ2) is 7.62. The number of carbonyl (C=O) groups is 1. The van der Waals surface area contributed by atoms with Gasteiger partial charge < -0.3 is 5.32 Å². The molecule has 1 amide bonds. The Bertz CT molecular complexity index is 370. The molecule has 0 heterocycles. The van der Waals surface area contributed by atoms with Gasteiger partial charge in [-0.15, -0.1) is 11.8 Å². The van der Waals surface area contributed by atoms with E-state index in [2.05, 4.69) is 12.2 Å². The standard InChI is InChI=1S/C13H18ClNOS/c1-3-10(2)15-13(16)9-17-8-11-5-4-6-12(14)7-11/h4-7,10H,3,8-9H2,1-2H3,(H,15,16)/t10-/m0/s1. The Balaban J connectivity index is 2.26. The van der Waals surface area contributed by atoms with E-state index in [0.29, 0.717) is 5.75 Å². The molecule has 1 atom stereocenters. The molecule has 0 aliphatic carbocycles. The lowest BCUT2D eigenvalue weighted by Gasteiger charge is -2.10. The van der Waals surface area contributed by atoms with Crippen LogP contribution in [0.1, 0.15) is 25.8 Å². The minimum Gasteiger partial charge on any atom is -0.353 e. The fourth-order valence-electron chi connectivity index (χ4n) is 1.31. The topological polar surface area (TPSA) is 29.1 Å². The van der Waals surface area contributed by atoms with Gasteiger partial charge in [-0.1, -0.05) is 30.7 Å². The number of hydrogen-bond acceptors (Lipinski definition) is 2. The zero-order valence-corrected chi connectivity index (χ0v) is 11.8. The van der Waals surface area contributed by atoms with Crippen molar-refractivity contribution >= 4 is 29.3 Å². The summed E-state index contributed by atoms with van der Waals surface area (Å²) in [6.07, 6.45) is 0.963. The first kappa shape index (κ1) is 14.4. The molecule has 0 aliphatic heterocycles. The second-order valence-electron chi connectivity index (χ2n) is 4.00. The lowest BCUT2D eigenvalue weighted by atomic mass is 10.2. The molecule has 94 valence electrons. The van der Waals surface area contributed by atoms with E-state index in [1.165, 1.54) is 0 Å². The van der Waals surface area contributed by atoms with E-state index in [9.17, 15) is 4.79 Å². The maximum absolute atomic E-state index is 11.5. The lowest BCUT2D eigenvalue weighted by Crippen LogP contribution is -2.33. The zero-order chi connectivity index (χ0) is 12.7. The molecule has 0 saturated carbocycles. The van der Waals surface area contributed by atoms with Crippen LogP contribution < -0.4 is 5.32 Å². The number of hydrogen-bond donors (Lipinski definition) is 1. The highest BCUT2D eigenvalue weighted by Gasteiger charge is 2.05. The van der Waals surface area contributed by atoms with E-state index >= 15 is 0 Å². The summed E-state index contributed by atoms with van der Waals surface area (Å²) in [6.45, 7) is 4.07. The first-order chi connectivity index (χ1) is 8.11. The predicted octanol–water partition coefficient (Wildman–Crippen LogP) is 3.49. The van der Waals surface area contributed by atoms with Crippen molar-refractivity contribution in [2.45, 2.75) is 32.1 Å². The molecule has 1 rings (SSSR count). The molecular weight excluding hydrogens is 254 g/mol. The number of carbonyl (C=O) groups excluding carboxylic acids is 1. The Kier molecular flexibility index (Phi) is 6.45. The largest absolute Gasteiger partial charge is 0.353 e. The third-order valence-electron chi connectivity index (χ3n) is 2.41. The summed E-state index contributed by atoms with van der Waals surface area (Å²) in [5.74, 6) is 1.41. The number of benzene rings is 1. The number of amides is 1. The molecule has 0 spiro atoms. The van der Waals surface area contributed by atoms with Gasteiger partial charge in [0.25, 0.3) is 0 Å². The van der Waals surface area contributed by atoms with Crippen LogP contribution in [0.25, 0.3) is 0 Å². The van der Waals surface area contributed by atoms with Crippen molar-refractivity contribution in [1.82, 2.24) is 5.32 Å². The van der Waals surface area contributed by atoms with Crippen molar-refractivity contribution in [3.63, 3.8) is 0 Å². The van der Waals surface area contributed by atoms with E-state index in [-0.39, 0.29) is 11.9 Å². The van der Waals surface area contributed by atoms with Crippen LogP contribution in [0.3, 0.4) is 0 Å². The SMILES string of the molecule is CC[C@H](C)NC(=O)CSCc1cccc(Cl)c1. The van der Waals surface area contributed by atoms with Gasteiger partial charge in [-0.05, 0) is 31.0 Å². The Morgan fingerprint density at radius 2 is 2.29 bits per heavy atom. The van der Waals surface area contributed by atoms with E-state index < -0.39 is 0 Å². The van der Waals surface area contributed by atoms with Crippen molar-refractivity contribution in [2.24, 2.45) is 0 Å². The first-order valence-electron chi connectivity index (χ1n) is 5.73. The van der Waals surface area contributed by atoms with Gasteiger partial charge >= 0.3 is 0 Å². The first-order valence-corrected chi connectivity index (χ1v) is 7.26. The molecule has 0 bridgehead atoms. The van der Waals surface area contributed by atoms with E-state index in [0.717, 1.165) is 22.8 Å². The lowest BCUT2D eigenvalue weighted by molar-refractivity contribution is -0.119. The van der Waals surface area contributed by atoms with E-state index in [1.54, 1.807) is 11.8 Å². The van der Waals surface area contributed by atoms with Crippen LogP contribution >= 0.6 is 23.4 Å². The highest BCUT2D eigenvalue weighted by atomic mass is 35.5. The fraction of sp³-hybridized carbons (Fsp3) is 0.462. The molecule has 1 N–H and O–H groups in total. The summed E-state index contributed by atoms with van der Waals surface area (Å²) in [5.41, 5.74) is 1.15. The van der Waals surface area contributed by atoms with Crippen molar-refractivity contribution < 1.29 is 4.79 Å². The molecule has 17 heavy (non-hydrogen) atoms. The zero-order valence-electron chi connectivity index (χ0n) is 10.2. The number of rotatable bonds is 6. The molecule has 0 saturated heterocycles. The van der Waals surface area contributed by atoms with Gasteiger partial charge in [-0.25, -0.2) is 0 Å². The third kappa shape index (κ3) is 5.99. The molecule has 2 nitrogen and oxygen atoms in total. The summed E-state index contributed by atoms with van der Waals surface area (Å²) < 4.78 is 0. The van der Waals surface area contributed by atoms with Crippen LogP contribution in [0.15, 0.2) is 24.3 Å². The Hall–Kier alpha value is -0.670. The Morgan fingerprint density at radius 3 is 2.94 bits per heavy atom. The second-order valence-corrected chi connectivity index (χ2v) is 5.42. The Labute approximate surface area is 112 Å². The number of halogens is 1. The maximum atomic E-state index is 11.5. The monoisotopic (exact) mass is 271 g/mol. The maximum Gasteiger partial charge on any atom is 0.230 e. The fourth-order valence-corrected chi connectivity index (χ4v) is 2.31. The normalized spacial score (nSPS) is 12.2. The average molecular weight is 272 g/mol. The van der Waals surface area contributed by atoms with E-state index in [1.807, 2.05) is 31.2 Å². The average Bonchev–Trinajstić information content (AvgIpc) is 2.29.